The SMILES string of the molecule is Cc1noc(C)c1CN(C)Cn1cc(Cl)cn1. The molecule has 0 fully saturated rings. The molecule has 0 saturated heterocycles. The van der Waals surface area contributed by atoms with Crippen molar-refractivity contribution in [3.05, 3.63) is 34.4 Å². The van der Waals surface area contributed by atoms with Gasteiger partial charge in [0.15, 0.2) is 0 Å². The van der Waals surface area contributed by atoms with Crippen LogP contribution in [0.5, 0.6) is 0 Å². The first kappa shape index (κ1) is 12.1. The molecule has 0 amide bonds. The van der Waals surface area contributed by atoms with E-state index in [0.717, 1.165) is 23.6 Å². The Labute approximate surface area is 105 Å². The zero-order valence-corrected chi connectivity index (χ0v) is 10.9. The fourth-order valence-corrected chi connectivity index (χ4v) is 1.87. The fourth-order valence-electron chi connectivity index (χ4n) is 1.71. The molecule has 0 N–H and O–H groups in total. The van der Waals surface area contributed by atoms with Gasteiger partial charge in [-0.2, -0.15) is 5.10 Å². The highest BCUT2D eigenvalue weighted by Gasteiger charge is 2.11. The van der Waals surface area contributed by atoms with Gasteiger partial charge in [-0.15, -0.1) is 0 Å². The molecule has 2 aromatic heterocycles. The molecule has 0 unspecified atom stereocenters. The molecular formula is C11H15ClN4O. The number of rotatable bonds is 4. The van der Waals surface area contributed by atoms with Crippen LogP contribution in [-0.4, -0.2) is 26.9 Å². The van der Waals surface area contributed by atoms with Gasteiger partial charge in [-0.05, 0) is 20.9 Å². The molecule has 92 valence electrons. The number of halogens is 1. The molecule has 0 spiro atoms. The maximum Gasteiger partial charge on any atom is 0.138 e. The molecule has 6 heteroatoms. The van der Waals surface area contributed by atoms with Crippen LogP contribution >= 0.6 is 11.6 Å². The van der Waals surface area contributed by atoms with Crippen molar-refractivity contribution in [3.8, 4) is 0 Å². The summed E-state index contributed by atoms with van der Waals surface area (Å²) in [6.45, 7) is 5.33. The number of hydrogen-bond acceptors (Lipinski definition) is 4. The summed E-state index contributed by atoms with van der Waals surface area (Å²) in [6, 6.07) is 0. The molecular weight excluding hydrogens is 240 g/mol. The van der Waals surface area contributed by atoms with Crippen molar-refractivity contribution < 1.29 is 4.52 Å². The molecule has 0 atom stereocenters. The highest BCUT2D eigenvalue weighted by Crippen LogP contribution is 2.14. The summed E-state index contributed by atoms with van der Waals surface area (Å²) in [5.41, 5.74) is 2.07. The average Bonchev–Trinajstić information content (AvgIpc) is 2.79. The van der Waals surface area contributed by atoms with Gasteiger partial charge >= 0.3 is 0 Å². The van der Waals surface area contributed by atoms with Crippen LogP contribution in [-0.2, 0) is 13.2 Å². The van der Waals surface area contributed by atoms with Crippen LogP contribution in [0, 0.1) is 13.8 Å². The zero-order chi connectivity index (χ0) is 12.4. The molecule has 0 aliphatic rings. The molecule has 0 aliphatic carbocycles. The van der Waals surface area contributed by atoms with Crippen molar-refractivity contribution in [2.45, 2.75) is 27.1 Å². The van der Waals surface area contributed by atoms with Gasteiger partial charge in [0, 0.05) is 18.3 Å². The third-order valence-electron chi connectivity index (χ3n) is 2.60. The number of aromatic nitrogens is 3. The van der Waals surface area contributed by atoms with E-state index in [2.05, 4.69) is 15.2 Å². The average molecular weight is 255 g/mol. The molecule has 2 aromatic rings. The maximum atomic E-state index is 5.81. The summed E-state index contributed by atoms with van der Waals surface area (Å²) in [4.78, 5) is 2.12. The first-order chi connectivity index (χ1) is 8.06. The van der Waals surface area contributed by atoms with Gasteiger partial charge in [0.05, 0.1) is 23.6 Å². The Balaban J connectivity index is 2.00. The minimum atomic E-state index is 0.649. The van der Waals surface area contributed by atoms with E-state index in [1.165, 1.54) is 0 Å². The van der Waals surface area contributed by atoms with Gasteiger partial charge in [0.1, 0.15) is 5.76 Å². The smallest absolute Gasteiger partial charge is 0.138 e. The Morgan fingerprint density at radius 1 is 1.47 bits per heavy atom. The van der Waals surface area contributed by atoms with Gasteiger partial charge in [-0.1, -0.05) is 16.8 Å². The lowest BCUT2D eigenvalue weighted by atomic mass is 10.2. The van der Waals surface area contributed by atoms with Crippen molar-refractivity contribution in [1.29, 1.82) is 0 Å². The quantitative estimate of drug-likeness (QED) is 0.840. The predicted octanol–water partition coefficient (Wildman–Crippen LogP) is 2.23. The molecule has 0 radical (unpaired) electrons. The normalized spacial score (nSPS) is 11.4. The third-order valence-corrected chi connectivity index (χ3v) is 2.79. The van der Waals surface area contributed by atoms with E-state index in [9.17, 15) is 0 Å². The first-order valence-corrected chi connectivity index (χ1v) is 5.72. The predicted molar refractivity (Wildman–Crippen MR) is 64.7 cm³/mol. The highest BCUT2D eigenvalue weighted by molar-refractivity contribution is 6.30. The van der Waals surface area contributed by atoms with Crippen molar-refractivity contribution >= 4 is 11.6 Å². The van der Waals surface area contributed by atoms with E-state index in [1.54, 1.807) is 17.1 Å². The monoisotopic (exact) mass is 254 g/mol. The standard InChI is InChI=1S/C11H15ClN4O/c1-8-11(9(2)17-14-8)6-15(3)7-16-5-10(12)4-13-16/h4-5H,6-7H2,1-3H3. The number of nitrogens with zero attached hydrogens (tertiary/aromatic N) is 4. The minimum absolute atomic E-state index is 0.649. The Morgan fingerprint density at radius 2 is 2.24 bits per heavy atom. The van der Waals surface area contributed by atoms with E-state index >= 15 is 0 Å². The second-order valence-corrected chi connectivity index (χ2v) is 4.59. The van der Waals surface area contributed by atoms with Gasteiger partial charge in [-0.25, -0.2) is 0 Å². The highest BCUT2D eigenvalue weighted by atomic mass is 35.5. The second kappa shape index (κ2) is 4.89. The van der Waals surface area contributed by atoms with E-state index < -0.39 is 0 Å². The first-order valence-electron chi connectivity index (χ1n) is 5.34. The Hall–Kier alpha value is -1.33. The van der Waals surface area contributed by atoms with Crippen molar-refractivity contribution in [2.75, 3.05) is 7.05 Å². The summed E-state index contributed by atoms with van der Waals surface area (Å²) < 4.78 is 6.92. The lowest BCUT2D eigenvalue weighted by Crippen LogP contribution is -2.22. The van der Waals surface area contributed by atoms with Crippen LogP contribution in [0.2, 0.25) is 5.02 Å². The van der Waals surface area contributed by atoms with E-state index in [0.29, 0.717) is 11.7 Å². The Morgan fingerprint density at radius 3 is 2.76 bits per heavy atom. The summed E-state index contributed by atoms with van der Waals surface area (Å²) in [5.74, 6) is 0.868. The number of hydrogen-bond donors (Lipinski definition) is 0. The van der Waals surface area contributed by atoms with Gasteiger partial charge in [0.25, 0.3) is 0 Å². The number of aryl methyl sites for hydroxylation is 2. The van der Waals surface area contributed by atoms with Crippen LogP contribution in [0.3, 0.4) is 0 Å². The summed E-state index contributed by atoms with van der Waals surface area (Å²) in [7, 11) is 2.02. The van der Waals surface area contributed by atoms with Crippen molar-refractivity contribution in [3.63, 3.8) is 0 Å². The lowest BCUT2D eigenvalue weighted by Gasteiger charge is -2.16. The van der Waals surface area contributed by atoms with Gasteiger partial charge < -0.3 is 4.52 Å². The largest absolute Gasteiger partial charge is 0.361 e. The van der Waals surface area contributed by atoms with Gasteiger partial charge in [0.2, 0.25) is 0 Å². The zero-order valence-electron chi connectivity index (χ0n) is 10.1. The Bertz CT molecular complexity index is 486. The third kappa shape index (κ3) is 2.87. The Kier molecular flexibility index (Phi) is 3.49. The lowest BCUT2D eigenvalue weighted by molar-refractivity contribution is 0.244. The summed E-state index contributed by atoms with van der Waals surface area (Å²) >= 11 is 5.81. The van der Waals surface area contributed by atoms with Gasteiger partial charge in [-0.3, -0.25) is 9.58 Å². The minimum Gasteiger partial charge on any atom is -0.361 e. The van der Waals surface area contributed by atoms with Crippen molar-refractivity contribution in [1.82, 2.24) is 19.8 Å². The molecule has 17 heavy (non-hydrogen) atoms. The summed E-state index contributed by atoms with van der Waals surface area (Å²) in [5, 5.41) is 8.72. The molecule has 0 saturated carbocycles. The van der Waals surface area contributed by atoms with Crippen LogP contribution < -0.4 is 0 Å². The molecule has 2 rings (SSSR count). The fraction of sp³-hybridized carbons (Fsp3) is 0.455. The molecule has 0 bridgehead atoms. The molecule has 2 heterocycles. The topological polar surface area (TPSA) is 47.1 Å². The van der Waals surface area contributed by atoms with E-state index in [-0.39, 0.29) is 0 Å². The van der Waals surface area contributed by atoms with E-state index in [1.807, 2.05) is 20.9 Å². The van der Waals surface area contributed by atoms with Crippen molar-refractivity contribution in [2.24, 2.45) is 0 Å². The van der Waals surface area contributed by atoms with E-state index in [4.69, 9.17) is 16.1 Å². The van der Waals surface area contributed by atoms with Crippen LogP contribution in [0.1, 0.15) is 17.0 Å². The van der Waals surface area contributed by atoms with Crippen LogP contribution in [0.4, 0.5) is 0 Å². The molecule has 0 aromatic carbocycles. The second-order valence-electron chi connectivity index (χ2n) is 4.16. The maximum absolute atomic E-state index is 5.81. The van der Waals surface area contributed by atoms with Crippen LogP contribution in [0.25, 0.3) is 0 Å². The molecule has 5 nitrogen and oxygen atoms in total. The molecule has 0 aliphatic heterocycles. The summed E-state index contributed by atoms with van der Waals surface area (Å²) in [6.07, 6.45) is 3.43. The van der Waals surface area contributed by atoms with Crippen LogP contribution in [0.15, 0.2) is 16.9 Å².